The van der Waals surface area contributed by atoms with Gasteiger partial charge < -0.3 is 0 Å². The van der Waals surface area contributed by atoms with Gasteiger partial charge in [0.25, 0.3) is 0 Å². The van der Waals surface area contributed by atoms with E-state index in [2.05, 4.69) is 163 Å². The summed E-state index contributed by atoms with van der Waals surface area (Å²) in [4.78, 5) is 20.4. The van der Waals surface area contributed by atoms with Crippen LogP contribution >= 0.6 is 0 Å². The van der Waals surface area contributed by atoms with Crippen LogP contribution in [0.3, 0.4) is 0 Å². The summed E-state index contributed by atoms with van der Waals surface area (Å²) in [7, 11) is 0. The fourth-order valence-electron chi connectivity index (χ4n) is 8.93. The number of hydrogen-bond acceptors (Lipinski definition) is 4. The van der Waals surface area contributed by atoms with E-state index in [-0.39, 0.29) is 0 Å². The van der Waals surface area contributed by atoms with Gasteiger partial charge in [-0.15, -0.1) is 0 Å². The second-order valence-corrected chi connectivity index (χ2v) is 14.6. The van der Waals surface area contributed by atoms with E-state index in [1.165, 1.54) is 59.2 Å². The zero-order valence-corrected chi connectivity index (χ0v) is 30.1. The predicted octanol–water partition coefficient (Wildman–Crippen LogP) is 13.4. The Labute approximate surface area is 321 Å². The largest absolute Gasteiger partial charge is 0.256 e. The minimum absolute atomic E-state index is 0.614. The molecule has 12 aromatic rings. The molecule has 0 radical (unpaired) electrons. The van der Waals surface area contributed by atoms with E-state index in [1.807, 2.05) is 24.4 Å². The molecule has 4 nitrogen and oxygen atoms in total. The molecular formula is C52H30N4. The molecule has 0 aliphatic carbocycles. The molecule has 0 amide bonds. The van der Waals surface area contributed by atoms with Gasteiger partial charge in [0.05, 0.1) is 5.52 Å². The lowest BCUT2D eigenvalue weighted by Crippen LogP contribution is -2.01. The highest BCUT2D eigenvalue weighted by Gasteiger charge is 2.20. The molecule has 0 spiro atoms. The summed E-state index contributed by atoms with van der Waals surface area (Å²) in [6, 6.07) is 62.8. The number of pyridine rings is 1. The fraction of sp³-hybridized carbons (Fsp3) is 0. The molecule has 0 saturated heterocycles. The average molecular weight is 711 g/mol. The van der Waals surface area contributed by atoms with Gasteiger partial charge in [0.15, 0.2) is 17.5 Å². The van der Waals surface area contributed by atoms with E-state index in [0.717, 1.165) is 44.1 Å². The number of fused-ring (bicyclic) bond motifs is 3. The Hall–Kier alpha value is -7.56. The SMILES string of the molecule is c1ccc(-c2ccccc2-c2nc(-c3ccc4ncccc4c3)nc(-c3cc4ccc5cccc6c7cccc8ccc9cccc(c(c3)c4c56)c9c87)n2)cc1. The van der Waals surface area contributed by atoms with Crippen LogP contribution in [-0.2, 0) is 0 Å². The maximum Gasteiger partial charge on any atom is 0.164 e. The summed E-state index contributed by atoms with van der Waals surface area (Å²) in [6.07, 6.45) is 1.82. The van der Waals surface area contributed by atoms with Crippen molar-refractivity contribution < 1.29 is 0 Å². The highest BCUT2D eigenvalue weighted by molar-refractivity contribution is 6.37. The van der Waals surface area contributed by atoms with E-state index < -0.39 is 0 Å². The lowest BCUT2D eigenvalue weighted by atomic mass is 9.87. The molecule has 0 saturated carbocycles. The van der Waals surface area contributed by atoms with Crippen molar-refractivity contribution in [2.24, 2.45) is 0 Å². The van der Waals surface area contributed by atoms with Crippen molar-refractivity contribution in [3.8, 4) is 45.3 Å². The maximum absolute atomic E-state index is 5.34. The Balaban J connectivity index is 1.21. The van der Waals surface area contributed by atoms with Gasteiger partial charge in [-0.2, -0.15) is 0 Å². The first kappa shape index (κ1) is 30.9. The number of hydrogen-bond donors (Lipinski definition) is 0. The third-order valence-corrected chi connectivity index (χ3v) is 11.4. The molecule has 0 bridgehead atoms. The normalized spacial score (nSPS) is 11.9. The average Bonchev–Trinajstić information content (AvgIpc) is 3.27. The van der Waals surface area contributed by atoms with Crippen LogP contribution in [-0.4, -0.2) is 19.9 Å². The summed E-state index contributed by atoms with van der Waals surface area (Å²) < 4.78 is 0. The maximum atomic E-state index is 5.34. The van der Waals surface area contributed by atoms with E-state index in [1.54, 1.807) is 0 Å². The first-order valence-electron chi connectivity index (χ1n) is 19.0. The molecular weight excluding hydrogens is 681 g/mol. The molecule has 2 heterocycles. The summed E-state index contributed by atoms with van der Waals surface area (Å²) in [5.41, 5.74) is 5.90. The van der Waals surface area contributed by atoms with Crippen LogP contribution in [0.15, 0.2) is 182 Å². The van der Waals surface area contributed by atoms with Crippen LogP contribution in [0, 0.1) is 0 Å². The molecule has 10 aromatic carbocycles. The van der Waals surface area contributed by atoms with Gasteiger partial charge >= 0.3 is 0 Å². The molecule has 0 aliphatic heterocycles. The van der Waals surface area contributed by atoms with Crippen LogP contribution in [0.25, 0.3) is 121 Å². The van der Waals surface area contributed by atoms with Gasteiger partial charge in [-0.3, -0.25) is 4.98 Å². The van der Waals surface area contributed by atoms with Gasteiger partial charge in [-0.25, -0.2) is 15.0 Å². The Bertz CT molecular complexity index is 3530. The van der Waals surface area contributed by atoms with Crippen molar-refractivity contribution in [3.63, 3.8) is 0 Å². The zero-order chi connectivity index (χ0) is 36.7. The van der Waals surface area contributed by atoms with Gasteiger partial charge in [-0.1, -0.05) is 140 Å². The highest BCUT2D eigenvalue weighted by Crippen LogP contribution is 2.44. The Morgan fingerprint density at radius 3 is 1.52 bits per heavy atom. The Morgan fingerprint density at radius 2 is 0.821 bits per heavy atom. The van der Waals surface area contributed by atoms with E-state index in [0.29, 0.717) is 17.5 Å². The molecule has 0 unspecified atom stereocenters. The molecule has 258 valence electrons. The first-order chi connectivity index (χ1) is 27.7. The smallest absolute Gasteiger partial charge is 0.164 e. The standard InChI is InChI=1S/C52H30N4/c1-2-10-31(11-3-1)39-16-4-5-17-43(39)52-55-50(37-25-26-45-35(28-37)15-9-27-53-45)54-51(56-52)38-29-36-24-23-34-13-7-19-41-40-18-6-12-32-21-22-33-14-8-20-42(48(33)46(32)40)44(30-38)49(36)47(34)41/h1-30H. The van der Waals surface area contributed by atoms with Crippen molar-refractivity contribution in [2.75, 3.05) is 0 Å². The number of aromatic nitrogens is 4. The van der Waals surface area contributed by atoms with E-state index >= 15 is 0 Å². The summed E-state index contributed by atoms with van der Waals surface area (Å²) in [5.74, 6) is 1.86. The highest BCUT2D eigenvalue weighted by atomic mass is 15.0. The molecule has 2 aromatic heterocycles. The molecule has 56 heavy (non-hydrogen) atoms. The Morgan fingerprint density at radius 1 is 0.286 bits per heavy atom. The third-order valence-electron chi connectivity index (χ3n) is 11.4. The minimum Gasteiger partial charge on any atom is -0.256 e. The quantitative estimate of drug-likeness (QED) is 0.171. The van der Waals surface area contributed by atoms with E-state index in [4.69, 9.17) is 15.0 Å². The molecule has 0 aliphatic rings. The second kappa shape index (κ2) is 12.0. The van der Waals surface area contributed by atoms with Crippen molar-refractivity contribution >= 4 is 75.5 Å². The van der Waals surface area contributed by atoms with Gasteiger partial charge in [0, 0.05) is 28.3 Å². The number of nitrogens with zero attached hydrogens (tertiary/aromatic N) is 4. The van der Waals surface area contributed by atoms with Crippen molar-refractivity contribution in [3.05, 3.63) is 182 Å². The van der Waals surface area contributed by atoms with Crippen LogP contribution in [0.4, 0.5) is 0 Å². The molecule has 12 rings (SSSR count). The lowest BCUT2D eigenvalue weighted by molar-refractivity contribution is 1.08. The zero-order valence-electron chi connectivity index (χ0n) is 30.1. The first-order valence-corrected chi connectivity index (χ1v) is 19.0. The summed E-state index contributed by atoms with van der Waals surface area (Å²) in [5, 5.41) is 15.8. The predicted molar refractivity (Wildman–Crippen MR) is 233 cm³/mol. The van der Waals surface area contributed by atoms with E-state index in [9.17, 15) is 0 Å². The van der Waals surface area contributed by atoms with Gasteiger partial charge in [-0.05, 0) is 112 Å². The molecule has 0 N–H and O–H groups in total. The minimum atomic E-state index is 0.614. The van der Waals surface area contributed by atoms with Crippen LogP contribution in [0.5, 0.6) is 0 Å². The van der Waals surface area contributed by atoms with Gasteiger partial charge in [0.2, 0.25) is 0 Å². The van der Waals surface area contributed by atoms with Crippen LogP contribution in [0.2, 0.25) is 0 Å². The fourth-order valence-corrected chi connectivity index (χ4v) is 8.93. The lowest BCUT2D eigenvalue weighted by Gasteiger charge is -2.17. The van der Waals surface area contributed by atoms with Crippen LogP contribution < -0.4 is 0 Å². The summed E-state index contributed by atoms with van der Waals surface area (Å²) >= 11 is 0. The monoisotopic (exact) mass is 710 g/mol. The number of rotatable bonds is 4. The van der Waals surface area contributed by atoms with Gasteiger partial charge in [0.1, 0.15) is 0 Å². The van der Waals surface area contributed by atoms with Crippen molar-refractivity contribution in [2.45, 2.75) is 0 Å². The number of benzene rings is 9. The molecule has 0 fully saturated rings. The third kappa shape index (κ3) is 4.66. The molecule has 0 atom stereocenters. The van der Waals surface area contributed by atoms with Crippen LogP contribution in [0.1, 0.15) is 0 Å². The van der Waals surface area contributed by atoms with Crippen molar-refractivity contribution in [1.29, 1.82) is 0 Å². The molecule has 4 heteroatoms. The summed E-state index contributed by atoms with van der Waals surface area (Å²) in [6.45, 7) is 0. The van der Waals surface area contributed by atoms with Crippen molar-refractivity contribution in [1.82, 2.24) is 19.9 Å². The topological polar surface area (TPSA) is 51.6 Å². The Kier molecular flexibility index (Phi) is 6.60. The second-order valence-electron chi connectivity index (χ2n) is 14.6.